The van der Waals surface area contributed by atoms with Crippen molar-refractivity contribution in [2.45, 2.75) is 19.0 Å². The first kappa shape index (κ1) is 19.8. The molecule has 2 amide bonds. The zero-order valence-electron chi connectivity index (χ0n) is 16.9. The van der Waals surface area contributed by atoms with Gasteiger partial charge < -0.3 is 23.9 Å². The number of amides is 2. The van der Waals surface area contributed by atoms with Crippen LogP contribution in [-0.2, 0) is 23.2 Å². The van der Waals surface area contributed by atoms with Crippen LogP contribution in [0.15, 0.2) is 59.5 Å². The van der Waals surface area contributed by atoms with Crippen LogP contribution in [0.25, 0.3) is 0 Å². The van der Waals surface area contributed by atoms with Crippen LogP contribution >= 0.6 is 0 Å². The van der Waals surface area contributed by atoms with E-state index in [1.54, 1.807) is 30.5 Å². The lowest BCUT2D eigenvalue weighted by Gasteiger charge is -2.22. The fourth-order valence-electron chi connectivity index (χ4n) is 3.72. The summed E-state index contributed by atoms with van der Waals surface area (Å²) in [6.07, 6.45) is 5.28. The summed E-state index contributed by atoms with van der Waals surface area (Å²) in [5, 5.41) is 3.09. The molecule has 3 aromatic rings. The maximum absolute atomic E-state index is 13.1. The Kier molecular flexibility index (Phi) is 5.56. The van der Waals surface area contributed by atoms with E-state index in [9.17, 15) is 9.59 Å². The quantitative estimate of drug-likeness (QED) is 0.648. The number of nitrogens with one attached hydrogen (secondary N) is 1. The standard InChI is InChI=1S/C22H24N4O4/c1-25-9-8-23-21(25)20(15-5-3-6-17(11-15)29-2)24-22(28)16-12-19(27)26(13-16)14-18-7-4-10-30-18/h3-11,16,20H,12-14H2,1-2H3,(H,24,28). The van der Waals surface area contributed by atoms with E-state index < -0.39 is 12.0 Å². The van der Waals surface area contributed by atoms with Crippen molar-refractivity contribution in [1.82, 2.24) is 19.8 Å². The Balaban J connectivity index is 1.52. The zero-order chi connectivity index (χ0) is 21.1. The summed E-state index contributed by atoms with van der Waals surface area (Å²) in [6.45, 7) is 0.727. The second kappa shape index (κ2) is 8.44. The van der Waals surface area contributed by atoms with Gasteiger partial charge in [-0.05, 0) is 29.8 Å². The Morgan fingerprint density at radius 3 is 2.93 bits per heavy atom. The van der Waals surface area contributed by atoms with Gasteiger partial charge in [0, 0.05) is 32.4 Å². The minimum Gasteiger partial charge on any atom is -0.497 e. The Morgan fingerprint density at radius 1 is 1.37 bits per heavy atom. The molecule has 8 heteroatoms. The molecule has 0 radical (unpaired) electrons. The van der Waals surface area contributed by atoms with Crippen molar-refractivity contribution < 1.29 is 18.7 Å². The monoisotopic (exact) mass is 408 g/mol. The molecule has 1 aliphatic heterocycles. The topological polar surface area (TPSA) is 89.6 Å². The summed E-state index contributed by atoms with van der Waals surface area (Å²) >= 11 is 0. The molecule has 0 bridgehead atoms. The highest BCUT2D eigenvalue weighted by molar-refractivity contribution is 5.89. The first-order valence-corrected chi connectivity index (χ1v) is 9.77. The van der Waals surface area contributed by atoms with E-state index in [4.69, 9.17) is 9.15 Å². The summed E-state index contributed by atoms with van der Waals surface area (Å²) < 4.78 is 12.5. The van der Waals surface area contributed by atoms with Gasteiger partial charge in [-0.1, -0.05) is 12.1 Å². The van der Waals surface area contributed by atoms with Crippen LogP contribution in [0.5, 0.6) is 5.75 Å². The number of furan rings is 1. The minimum absolute atomic E-state index is 0.0542. The fourth-order valence-corrected chi connectivity index (χ4v) is 3.72. The van der Waals surface area contributed by atoms with Crippen molar-refractivity contribution in [3.8, 4) is 5.75 Å². The third-order valence-electron chi connectivity index (χ3n) is 5.34. The number of carbonyl (C=O) groups is 2. The number of rotatable bonds is 7. The van der Waals surface area contributed by atoms with E-state index in [2.05, 4.69) is 10.3 Å². The van der Waals surface area contributed by atoms with Crippen molar-refractivity contribution >= 4 is 11.8 Å². The first-order chi connectivity index (χ1) is 14.5. The molecule has 0 aliphatic carbocycles. The Labute approximate surface area is 174 Å². The number of imidazole rings is 1. The summed E-state index contributed by atoms with van der Waals surface area (Å²) in [4.78, 5) is 31.6. The number of carbonyl (C=O) groups excluding carboxylic acids is 2. The van der Waals surface area contributed by atoms with Gasteiger partial charge in [-0.25, -0.2) is 4.98 Å². The molecule has 1 fully saturated rings. The normalized spacial score (nSPS) is 17.2. The molecular weight excluding hydrogens is 384 g/mol. The van der Waals surface area contributed by atoms with Crippen molar-refractivity contribution in [2.24, 2.45) is 13.0 Å². The third kappa shape index (κ3) is 4.07. The van der Waals surface area contributed by atoms with Gasteiger partial charge in [0.15, 0.2) is 0 Å². The predicted octanol–water partition coefficient (Wildman–Crippen LogP) is 2.28. The lowest BCUT2D eigenvalue weighted by molar-refractivity contribution is -0.129. The van der Waals surface area contributed by atoms with E-state index in [0.29, 0.717) is 30.4 Å². The number of ether oxygens (including phenoxy) is 1. The number of hydrogen-bond acceptors (Lipinski definition) is 5. The number of methoxy groups -OCH3 is 1. The molecule has 0 spiro atoms. The molecule has 3 heterocycles. The average Bonchev–Trinajstić information content (AvgIpc) is 3.49. The molecule has 8 nitrogen and oxygen atoms in total. The maximum atomic E-state index is 13.1. The van der Waals surface area contributed by atoms with Gasteiger partial charge in [-0.3, -0.25) is 9.59 Å². The second-order valence-electron chi connectivity index (χ2n) is 7.37. The van der Waals surface area contributed by atoms with Crippen LogP contribution in [0.3, 0.4) is 0 Å². The van der Waals surface area contributed by atoms with Crippen molar-refractivity contribution in [3.05, 3.63) is 72.2 Å². The number of aromatic nitrogens is 2. The van der Waals surface area contributed by atoms with E-state index in [-0.39, 0.29) is 18.2 Å². The van der Waals surface area contributed by atoms with Crippen LogP contribution in [0, 0.1) is 5.92 Å². The maximum Gasteiger partial charge on any atom is 0.226 e. The van der Waals surface area contributed by atoms with Gasteiger partial charge in [0.25, 0.3) is 0 Å². The number of aryl methyl sites for hydroxylation is 1. The van der Waals surface area contributed by atoms with Crippen LogP contribution in [-0.4, -0.2) is 39.9 Å². The molecular formula is C22H24N4O4. The molecule has 1 aliphatic rings. The second-order valence-corrected chi connectivity index (χ2v) is 7.37. The zero-order valence-corrected chi connectivity index (χ0v) is 16.9. The van der Waals surface area contributed by atoms with Crippen LogP contribution in [0.1, 0.15) is 29.6 Å². The molecule has 2 unspecified atom stereocenters. The van der Waals surface area contributed by atoms with Crippen molar-refractivity contribution in [2.75, 3.05) is 13.7 Å². The van der Waals surface area contributed by atoms with Gasteiger partial charge in [0.05, 0.1) is 25.8 Å². The SMILES string of the molecule is COc1cccc(C(NC(=O)C2CC(=O)N(Cc3ccco3)C2)c2nccn2C)c1. The van der Waals surface area contributed by atoms with Crippen molar-refractivity contribution in [3.63, 3.8) is 0 Å². The third-order valence-corrected chi connectivity index (χ3v) is 5.34. The molecule has 2 aromatic heterocycles. The molecule has 2 atom stereocenters. The minimum atomic E-state index is -0.457. The Morgan fingerprint density at radius 2 is 2.23 bits per heavy atom. The lowest BCUT2D eigenvalue weighted by Crippen LogP contribution is -2.37. The molecule has 4 rings (SSSR count). The summed E-state index contributed by atoms with van der Waals surface area (Å²) in [5.41, 5.74) is 0.855. The smallest absolute Gasteiger partial charge is 0.226 e. The van der Waals surface area contributed by atoms with Gasteiger partial charge in [-0.2, -0.15) is 0 Å². The lowest BCUT2D eigenvalue weighted by atomic mass is 10.0. The first-order valence-electron chi connectivity index (χ1n) is 9.77. The largest absolute Gasteiger partial charge is 0.497 e. The van der Waals surface area contributed by atoms with Gasteiger partial charge in [0.1, 0.15) is 23.4 Å². The molecule has 30 heavy (non-hydrogen) atoms. The Hall–Kier alpha value is -3.55. The highest BCUT2D eigenvalue weighted by atomic mass is 16.5. The molecule has 0 saturated carbocycles. The van der Waals surface area contributed by atoms with E-state index in [1.165, 1.54) is 0 Å². The van der Waals surface area contributed by atoms with Crippen molar-refractivity contribution in [1.29, 1.82) is 0 Å². The summed E-state index contributed by atoms with van der Waals surface area (Å²) in [6, 6.07) is 10.7. The highest BCUT2D eigenvalue weighted by Gasteiger charge is 2.36. The van der Waals surface area contributed by atoms with E-state index in [0.717, 1.165) is 5.56 Å². The molecule has 1 N–H and O–H groups in total. The number of benzene rings is 1. The summed E-state index contributed by atoms with van der Waals surface area (Å²) in [5.74, 6) is 1.44. The fraction of sp³-hybridized carbons (Fsp3) is 0.318. The van der Waals surface area contributed by atoms with Crippen LogP contribution < -0.4 is 10.1 Å². The predicted molar refractivity (Wildman–Crippen MR) is 108 cm³/mol. The molecule has 1 saturated heterocycles. The molecule has 1 aromatic carbocycles. The Bertz CT molecular complexity index is 1030. The number of likely N-dealkylation sites (tertiary alicyclic amines) is 1. The number of nitrogens with zero attached hydrogens (tertiary/aromatic N) is 3. The van der Waals surface area contributed by atoms with Gasteiger partial charge >= 0.3 is 0 Å². The average molecular weight is 408 g/mol. The van der Waals surface area contributed by atoms with Gasteiger partial charge in [-0.15, -0.1) is 0 Å². The van der Waals surface area contributed by atoms with Gasteiger partial charge in [0.2, 0.25) is 11.8 Å². The van der Waals surface area contributed by atoms with Crippen LogP contribution in [0.2, 0.25) is 0 Å². The highest BCUT2D eigenvalue weighted by Crippen LogP contribution is 2.26. The van der Waals surface area contributed by atoms with E-state index in [1.807, 2.05) is 48.1 Å². The molecule has 156 valence electrons. The van der Waals surface area contributed by atoms with E-state index >= 15 is 0 Å². The number of hydrogen-bond donors (Lipinski definition) is 1. The van der Waals surface area contributed by atoms with Crippen LogP contribution in [0.4, 0.5) is 0 Å². The summed E-state index contributed by atoms with van der Waals surface area (Å²) in [7, 11) is 3.48.